The lowest BCUT2D eigenvalue weighted by Gasteiger charge is -2.44. The van der Waals surface area contributed by atoms with Crippen LogP contribution in [0.1, 0.15) is 49.1 Å². The van der Waals surface area contributed by atoms with Gasteiger partial charge < -0.3 is 19.7 Å². The Bertz CT molecular complexity index is 1780. The third kappa shape index (κ3) is 8.24. The number of alkyl halides is 3. The zero-order valence-electron chi connectivity index (χ0n) is 29.8. The molecule has 0 unspecified atom stereocenters. The number of hydrogen-bond donors (Lipinski definition) is 1. The predicted octanol–water partition coefficient (Wildman–Crippen LogP) is 8.96. The molecule has 1 N–H and O–H groups in total. The van der Waals surface area contributed by atoms with Crippen LogP contribution >= 0.6 is 0 Å². The molecule has 1 saturated heterocycles. The first-order valence-electron chi connectivity index (χ1n) is 17.6. The van der Waals surface area contributed by atoms with Gasteiger partial charge in [-0.25, -0.2) is 14.4 Å². The molecule has 0 atom stereocenters. The summed E-state index contributed by atoms with van der Waals surface area (Å²) >= 11 is 0. The molecule has 0 radical (unpaired) electrons. The Morgan fingerprint density at radius 1 is 1.00 bits per heavy atom. The maximum absolute atomic E-state index is 14.8. The highest BCUT2D eigenvalue weighted by molar-refractivity contribution is 6.76. The number of aromatic nitrogens is 3. The SMILES string of the molecule is COCC1(CN(C)c2cc(-c3cc(F)cc(C(F)(F)F)c3)nc3c2nc(-c2ccc(C4CCNCC4)cc2)n3COCC[Si](C)(C)C)CCC1. The number of imidazole rings is 1. The van der Waals surface area contributed by atoms with E-state index in [-0.39, 0.29) is 23.4 Å². The lowest BCUT2D eigenvalue weighted by Crippen LogP contribution is -2.44. The van der Waals surface area contributed by atoms with Crippen LogP contribution in [-0.2, 0) is 22.4 Å². The molecular formula is C38H49F4N5O2Si. The third-order valence-corrected chi connectivity index (χ3v) is 12.0. The highest BCUT2D eigenvalue weighted by atomic mass is 28.3. The van der Waals surface area contributed by atoms with Gasteiger partial charge in [-0.3, -0.25) is 4.57 Å². The Morgan fingerprint density at radius 2 is 1.72 bits per heavy atom. The van der Waals surface area contributed by atoms with Gasteiger partial charge in [0.1, 0.15) is 23.9 Å². The van der Waals surface area contributed by atoms with E-state index in [0.29, 0.717) is 54.4 Å². The van der Waals surface area contributed by atoms with Gasteiger partial charge >= 0.3 is 6.18 Å². The monoisotopic (exact) mass is 711 g/mol. The Hall–Kier alpha value is -3.32. The van der Waals surface area contributed by atoms with Gasteiger partial charge in [0, 0.05) is 51.9 Å². The van der Waals surface area contributed by atoms with Crippen LogP contribution < -0.4 is 10.2 Å². The molecule has 2 aromatic heterocycles. The molecule has 2 aliphatic rings. The second kappa shape index (κ2) is 14.7. The first kappa shape index (κ1) is 36.5. The van der Waals surface area contributed by atoms with Crippen LogP contribution in [0.25, 0.3) is 33.8 Å². The molecule has 50 heavy (non-hydrogen) atoms. The molecule has 6 rings (SSSR count). The molecule has 0 bridgehead atoms. The van der Waals surface area contributed by atoms with Crippen molar-refractivity contribution in [3.8, 4) is 22.6 Å². The average molecular weight is 712 g/mol. The summed E-state index contributed by atoms with van der Waals surface area (Å²) < 4.78 is 70.1. The van der Waals surface area contributed by atoms with E-state index < -0.39 is 25.6 Å². The number of nitrogens with zero attached hydrogens (tertiary/aromatic N) is 4. The van der Waals surface area contributed by atoms with Gasteiger partial charge in [0.15, 0.2) is 5.65 Å². The normalized spacial score (nSPS) is 16.9. The van der Waals surface area contributed by atoms with Crippen LogP contribution in [0.2, 0.25) is 25.7 Å². The van der Waals surface area contributed by atoms with Crippen molar-refractivity contribution < 1.29 is 27.0 Å². The van der Waals surface area contributed by atoms with Crippen molar-refractivity contribution in [2.45, 2.75) is 76.6 Å². The summed E-state index contributed by atoms with van der Waals surface area (Å²) in [4.78, 5) is 12.2. The summed E-state index contributed by atoms with van der Waals surface area (Å²) in [6.45, 7) is 10.9. The Balaban J connectivity index is 1.50. The molecule has 12 heteroatoms. The van der Waals surface area contributed by atoms with E-state index >= 15 is 0 Å². The molecule has 1 aliphatic heterocycles. The molecule has 0 amide bonds. The highest BCUT2D eigenvalue weighted by Crippen LogP contribution is 2.44. The van der Waals surface area contributed by atoms with Crippen LogP contribution in [0.3, 0.4) is 0 Å². The van der Waals surface area contributed by atoms with Crippen LogP contribution in [0, 0.1) is 11.2 Å². The second-order valence-electron chi connectivity index (χ2n) is 15.4. The van der Waals surface area contributed by atoms with Crippen molar-refractivity contribution in [3.05, 3.63) is 65.5 Å². The number of methoxy groups -OCH3 is 1. The molecule has 270 valence electrons. The fourth-order valence-corrected chi connectivity index (χ4v) is 8.03. The van der Waals surface area contributed by atoms with Gasteiger partial charge in [0.2, 0.25) is 0 Å². The zero-order valence-corrected chi connectivity index (χ0v) is 30.8. The minimum absolute atomic E-state index is 0.0443. The second-order valence-corrected chi connectivity index (χ2v) is 21.0. The average Bonchev–Trinajstić information content (AvgIpc) is 3.43. The van der Waals surface area contributed by atoms with Gasteiger partial charge in [0.05, 0.1) is 23.6 Å². The Kier molecular flexibility index (Phi) is 10.7. The number of benzene rings is 2. The standard InChI is InChI=1S/C38H49F4N5O2Si/c1-46(23-37(24-48-2)13-6-14-37)33-22-32(29-19-30(38(40,41)42)21-31(39)20-29)44-36-34(33)45-35(47(36)25-49-17-18-50(3,4)5)28-9-7-26(8-10-28)27-11-15-43-16-12-27/h7-10,19-22,27,43H,6,11-18,23-25H2,1-5H3. The predicted molar refractivity (Wildman–Crippen MR) is 194 cm³/mol. The van der Waals surface area contributed by atoms with Crippen LogP contribution in [0.4, 0.5) is 23.2 Å². The highest BCUT2D eigenvalue weighted by Gasteiger charge is 2.39. The molecule has 2 fully saturated rings. The molecule has 1 aliphatic carbocycles. The summed E-state index contributed by atoms with van der Waals surface area (Å²) in [5, 5.41) is 3.43. The number of ether oxygens (including phenoxy) is 2. The largest absolute Gasteiger partial charge is 0.416 e. The number of hydrogen-bond acceptors (Lipinski definition) is 6. The van der Waals surface area contributed by atoms with Gasteiger partial charge in [0.25, 0.3) is 0 Å². The number of halogens is 4. The molecule has 0 spiro atoms. The van der Waals surface area contributed by atoms with Crippen molar-refractivity contribution in [1.29, 1.82) is 0 Å². The number of rotatable bonds is 13. The van der Waals surface area contributed by atoms with Crippen LogP contribution in [0.5, 0.6) is 0 Å². The third-order valence-electron chi connectivity index (χ3n) is 10.2. The Morgan fingerprint density at radius 3 is 2.34 bits per heavy atom. The fraction of sp³-hybridized carbons (Fsp3) is 0.526. The maximum Gasteiger partial charge on any atom is 0.416 e. The van der Waals surface area contributed by atoms with Crippen LogP contribution in [0.15, 0.2) is 48.5 Å². The number of fused-ring (bicyclic) bond motifs is 1. The maximum atomic E-state index is 14.8. The van der Waals surface area contributed by atoms with Crippen molar-refractivity contribution in [2.75, 3.05) is 51.9 Å². The molecule has 2 aromatic carbocycles. The van der Waals surface area contributed by atoms with Crippen molar-refractivity contribution in [3.63, 3.8) is 0 Å². The van der Waals surface area contributed by atoms with Crippen molar-refractivity contribution in [2.24, 2.45) is 5.41 Å². The molecule has 7 nitrogen and oxygen atoms in total. The number of piperidine rings is 1. The lowest BCUT2D eigenvalue weighted by atomic mass is 9.69. The van der Waals surface area contributed by atoms with E-state index in [1.807, 2.05) is 11.6 Å². The van der Waals surface area contributed by atoms with E-state index in [2.05, 4.69) is 54.1 Å². The van der Waals surface area contributed by atoms with Gasteiger partial charge in [-0.15, -0.1) is 0 Å². The van der Waals surface area contributed by atoms with E-state index in [1.54, 1.807) is 13.2 Å². The van der Waals surface area contributed by atoms with E-state index in [9.17, 15) is 17.6 Å². The fourth-order valence-electron chi connectivity index (χ4n) is 7.27. The van der Waals surface area contributed by atoms with Gasteiger partial charge in [-0.1, -0.05) is 50.3 Å². The molecular weight excluding hydrogens is 663 g/mol. The summed E-state index contributed by atoms with van der Waals surface area (Å²) in [5.74, 6) is 0.185. The zero-order chi connectivity index (χ0) is 35.7. The Labute approximate surface area is 293 Å². The van der Waals surface area contributed by atoms with Gasteiger partial charge in [-0.2, -0.15) is 13.2 Å². The van der Waals surface area contributed by atoms with E-state index in [4.69, 9.17) is 19.4 Å². The summed E-state index contributed by atoms with van der Waals surface area (Å²) in [7, 11) is 2.30. The van der Waals surface area contributed by atoms with E-state index in [0.717, 1.165) is 68.9 Å². The van der Waals surface area contributed by atoms with Crippen molar-refractivity contribution >= 4 is 24.9 Å². The molecule has 1 saturated carbocycles. The first-order valence-corrected chi connectivity index (χ1v) is 21.3. The lowest BCUT2D eigenvalue weighted by molar-refractivity contribution is -0.137. The summed E-state index contributed by atoms with van der Waals surface area (Å²) in [6.07, 6.45) is 0.603. The minimum atomic E-state index is -4.71. The quantitative estimate of drug-likeness (QED) is 0.0849. The van der Waals surface area contributed by atoms with Crippen molar-refractivity contribution in [1.82, 2.24) is 19.9 Å². The van der Waals surface area contributed by atoms with Crippen LogP contribution in [-0.4, -0.2) is 69.6 Å². The summed E-state index contributed by atoms with van der Waals surface area (Å²) in [5.41, 5.74) is 3.15. The summed E-state index contributed by atoms with van der Waals surface area (Å²) in [6, 6.07) is 13.8. The number of anilines is 1. The smallest absolute Gasteiger partial charge is 0.384 e. The minimum Gasteiger partial charge on any atom is -0.384 e. The molecule has 4 aromatic rings. The molecule has 3 heterocycles. The topological polar surface area (TPSA) is 64.4 Å². The number of nitrogens with one attached hydrogen (secondary N) is 1. The number of pyridine rings is 1. The van der Waals surface area contributed by atoms with Gasteiger partial charge in [-0.05, 0) is 80.6 Å². The first-order chi connectivity index (χ1) is 23.7. The van der Waals surface area contributed by atoms with E-state index in [1.165, 1.54) is 5.56 Å².